The van der Waals surface area contributed by atoms with Crippen LogP contribution in [0.2, 0.25) is 5.15 Å². The Morgan fingerprint density at radius 3 is 2.62 bits per heavy atom. The molecule has 0 N–H and O–H groups in total. The SMILES string of the molecule is CCOC(=O)c1cc(C(=O)OC)cc(Cl)n1. The fourth-order valence-electron chi connectivity index (χ4n) is 1.04. The Kier molecular flexibility index (Phi) is 4.25. The van der Waals surface area contributed by atoms with Gasteiger partial charge in [-0.3, -0.25) is 0 Å². The molecule has 6 heteroatoms. The van der Waals surface area contributed by atoms with E-state index in [1.54, 1.807) is 6.92 Å². The number of pyridine rings is 1. The van der Waals surface area contributed by atoms with E-state index in [0.29, 0.717) is 0 Å². The van der Waals surface area contributed by atoms with Gasteiger partial charge in [0, 0.05) is 0 Å². The van der Waals surface area contributed by atoms with Crippen molar-refractivity contribution in [1.29, 1.82) is 0 Å². The third-order valence-electron chi connectivity index (χ3n) is 1.70. The molecule has 1 aromatic heterocycles. The second-order valence-electron chi connectivity index (χ2n) is 2.78. The summed E-state index contributed by atoms with van der Waals surface area (Å²) in [7, 11) is 1.24. The van der Waals surface area contributed by atoms with Crippen molar-refractivity contribution < 1.29 is 19.1 Å². The van der Waals surface area contributed by atoms with Gasteiger partial charge in [0.25, 0.3) is 0 Å². The normalized spacial score (nSPS) is 9.69. The first-order chi connectivity index (χ1) is 7.58. The molecule has 1 rings (SSSR count). The lowest BCUT2D eigenvalue weighted by Crippen LogP contribution is -2.10. The van der Waals surface area contributed by atoms with Crippen LogP contribution >= 0.6 is 11.6 Å². The summed E-state index contributed by atoms with van der Waals surface area (Å²) in [5, 5.41) is 0.0333. The Morgan fingerprint density at radius 1 is 1.38 bits per heavy atom. The number of nitrogens with zero attached hydrogens (tertiary/aromatic N) is 1. The Balaban J connectivity index is 3.07. The summed E-state index contributed by atoms with van der Waals surface area (Å²) in [6.45, 7) is 1.89. The lowest BCUT2D eigenvalue weighted by Gasteiger charge is -2.04. The molecule has 1 heterocycles. The van der Waals surface area contributed by atoms with Gasteiger partial charge < -0.3 is 9.47 Å². The van der Waals surface area contributed by atoms with E-state index in [2.05, 4.69) is 9.72 Å². The number of hydrogen-bond donors (Lipinski definition) is 0. The topological polar surface area (TPSA) is 65.5 Å². The minimum Gasteiger partial charge on any atom is -0.465 e. The second-order valence-corrected chi connectivity index (χ2v) is 3.16. The Hall–Kier alpha value is -1.62. The van der Waals surface area contributed by atoms with Gasteiger partial charge in [-0.25, -0.2) is 14.6 Å². The molecule has 16 heavy (non-hydrogen) atoms. The summed E-state index contributed by atoms with van der Waals surface area (Å²) in [6, 6.07) is 2.59. The first-order valence-corrected chi connectivity index (χ1v) is 4.89. The van der Waals surface area contributed by atoms with Crippen LogP contribution in [-0.2, 0) is 9.47 Å². The summed E-state index contributed by atoms with van der Waals surface area (Å²) in [5.74, 6) is -1.22. The molecular formula is C10H10ClNO4. The molecule has 0 atom stereocenters. The van der Waals surface area contributed by atoms with Crippen molar-refractivity contribution >= 4 is 23.5 Å². The maximum Gasteiger partial charge on any atom is 0.356 e. The third-order valence-corrected chi connectivity index (χ3v) is 1.89. The van der Waals surface area contributed by atoms with E-state index >= 15 is 0 Å². The highest BCUT2D eigenvalue weighted by Crippen LogP contribution is 2.12. The molecule has 0 bridgehead atoms. The summed E-state index contributed by atoms with van der Waals surface area (Å²) in [6.07, 6.45) is 0. The zero-order valence-electron chi connectivity index (χ0n) is 8.82. The number of carbonyl (C=O) groups excluding carboxylic acids is 2. The molecule has 0 spiro atoms. The van der Waals surface area contributed by atoms with Crippen molar-refractivity contribution in [3.63, 3.8) is 0 Å². The summed E-state index contributed by atoms with van der Waals surface area (Å²) in [5.41, 5.74) is 0.139. The lowest BCUT2D eigenvalue weighted by atomic mass is 10.2. The van der Waals surface area contributed by atoms with Gasteiger partial charge in [-0.05, 0) is 19.1 Å². The Morgan fingerprint density at radius 2 is 2.06 bits per heavy atom. The van der Waals surface area contributed by atoms with Crippen LogP contribution in [-0.4, -0.2) is 30.6 Å². The summed E-state index contributed by atoms with van der Waals surface area (Å²) in [4.78, 5) is 26.4. The number of halogens is 1. The van der Waals surface area contributed by atoms with Gasteiger partial charge in [0.05, 0.1) is 19.3 Å². The molecule has 1 aromatic rings. The molecule has 0 saturated heterocycles. The van der Waals surface area contributed by atoms with Gasteiger partial charge in [-0.2, -0.15) is 0 Å². The van der Waals surface area contributed by atoms with Crippen molar-refractivity contribution in [3.8, 4) is 0 Å². The molecule has 0 fully saturated rings. The number of rotatable bonds is 3. The number of ether oxygens (including phenoxy) is 2. The second kappa shape index (κ2) is 5.46. The largest absolute Gasteiger partial charge is 0.465 e. The number of methoxy groups -OCH3 is 1. The van der Waals surface area contributed by atoms with Gasteiger partial charge in [0.15, 0.2) is 5.69 Å². The monoisotopic (exact) mass is 243 g/mol. The van der Waals surface area contributed by atoms with Gasteiger partial charge in [-0.1, -0.05) is 11.6 Å². The molecule has 0 radical (unpaired) electrons. The van der Waals surface area contributed by atoms with Crippen molar-refractivity contribution in [3.05, 3.63) is 28.5 Å². The van der Waals surface area contributed by atoms with E-state index in [4.69, 9.17) is 16.3 Å². The molecule has 5 nitrogen and oxygen atoms in total. The molecule has 0 aliphatic heterocycles. The summed E-state index contributed by atoms with van der Waals surface area (Å²) < 4.78 is 9.25. The molecule has 0 aliphatic rings. The first-order valence-electron chi connectivity index (χ1n) is 4.51. The predicted octanol–water partition coefficient (Wildman–Crippen LogP) is 1.70. The highest BCUT2D eigenvalue weighted by Gasteiger charge is 2.14. The van der Waals surface area contributed by atoms with Crippen LogP contribution in [0.1, 0.15) is 27.8 Å². The Labute approximate surface area is 97.3 Å². The Bertz CT molecular complexity index is 419. The van der Waals surface area contributed by atoms with Crippen molar-refractivity contribution in [2.75, 3.05) is 13.7 Å². The lowest BCUT2D eigenvalue weighted by molar-refractivity contribution is 0.0519. The standard InChI is InChI=1S/C10H10ClNO4/c1-3-16-10(14)7-4-6(9(13)15-2)5-8(11)12-7/h4-5H,3H2,1-2H3. The van der Waals surface area contributed by atoms with E-state index in [9.17, 15) is 9.59 Å². The molecule has 0 aromatic carbocycles. The van der Waals surface area contributed by atoms with Crippen LogP contribution in [0.5, 0.6) is 0 Å². The number of aromatic nitrogens is 1. The van der Waals surface area contributed by atoms with Crippen molar-refractivity contribution in [2.45, 2.75) is 6.92 Å². The quantitative estimate of drug-likeness (QED) is 0.597. The maximum absolute atomic E-state index is 11.4. The average molecular weight is 244 g/mol. The number of hydrogen-bond acceptors (Lipinski definition) is 5. The van der Waals surface area contributed by atoms with Crippen LogP contribution in [0.3, 0.4) is 0 Å². The minimum atomic E-state index is -0.629. The van der Waals surface area contributed by atoms with E-state index in [1.165, 1.54) is 19.2 Å². The van der Waals surface area contributed by atoms with Gasteiger partial charge in [-0.15, -0.1) is 0 Å². The molecule has 0 unspecified atom stereocenters. The first kappa shape index (κ1) is 12.4. The van der Waals surface area contributed by atoms with Gasteiger partial charge in [0.2, 0.25) is 0 Å². The zero-order valence-corrected chi connectivity index (χ0v) is 9.58. The van der Waals surface area contributed by atoms with Crippen LogP contribution in [0.25, 0.3) is 0 Å². The number of esters is 2. The highest BCUT2D eigenvalue weighted by molar-refractivity contribution is 6.29. The van der Waals surface area contributed by atoms with E-state index in [1.807, 2.05) is 0 Å². The van der Waals surface area contributed by atoms with Crippen LogP contribution in [0.15, 0.2) is 12.1 Å². The fourth-order valence-corrected chi connectivity index (χ4v) is 1.25. The van der Waals surface area contributed by atoms with Crippen LogP contribution in [0, 0.1) is 0 Å². The van der Waals surface area contributed by atoms with Crippen LogP contribution in [0.4, 0.5) is 0 Å². The highest BCUT2D eigenvalue weighted by atomic mass is 35.5. The maximum atomic E-state index is 11.4. The molecule has 0 amide bonds. The summed E-state index contributed by atoms with van der Waals surface area (Å²) >= 11 is 5.67. The molecule has 0 aliphatic carbocycles. The van der Waals surface area contributed by atoms with Crippen LogP contribution < -0.4 is 0 Å². The zero-order chi connectivity index (χ0) is 12.1. The number of carbonyl (C=O) groups is 2. The van der Waals surface area contributed by atoms with Gasteiger partial charge >= 0.3 is 11.9 Å². The van der Waals surface area contributed by atoms with E-state index in [-0.39, 0.29) is 23.0 Å². The average Bonchev–Trinajstić information content (AvgIpc) is 2.27. The molecule has 0 saturated carbocycles. The minimum absolute atomic E-state index is 0.0187. The third kappa shape index (κ3) is 2.93. The van der Waals surface area contributed by atoms with E-state index < -0.39 is 11.9 Å². The smallest absolute Gasteiger partial charge is 0.356 e. The predicted molar refractivity (Wildman–Crippen MR) is 56.5 cm³/mol. The van der Waals surface area contributed by atoms with Gasteiger partial charge in [0.1, 0.15) is 5.15 Å². The molecule has 86 valence electrons. The fraction of sp³-hybridized carbons (Fsp3) is 0.300. The van der Waals surface area contributed by atoms with Crippen molar-refractivity contribution in [2.24, 2.45) is 0 Å². The molecular weight excluding hydrogens is 234 g/mol. The van der Waals surface area contributed by atoms with Crippen molar-refractivity contribution in [1.82, 2.24) is 4.98 Å². The van der Waals surface area contributed by atoms with E-state index in [0.717, 1.165) is 0 Å².